The van der Waals surface area contributed by atoms with Crippen molar-refractivity contribution < 1.29 is 4.79 Å². The molecule has 0 aliphatic rings. The van der Waals surface area contributed by atoms with Crippen molar-refractivity contribution in [3.63, 3.8) is 0 Å². The summed E-state index contributed by atoms with van der Waals surface area (Å²) in [6.07, 6.45) is 1.42. The van der Waals surface area contributed by atoms with Gasteiger partial charge >= 0.3 is 6.03 Å². The number of nitrogens with one attached hydrogen (secondary N) is 3. The number of aromatic nitrogens is 2. The Labute approximate surface area is 136 Å². The average molecular weight is 337 g/mol. The third-order valence-corrected chi connectivity index (χ3v) is 2.94. The van der Waals surface area contributed by atoms with E-state index in [1.807, 2.05) is 6.07 Å². The first-order chi connectivity index (χ1) is 10.5. The molecular formula is C13H10Cl2N6O. The second-order valence-electron chi connectivity index (χ2n) is 4.20. The van der Waals surface area contributed by atoms with Gasteiger partial charge in [-0.3, -0.25) is 10.9 Å². The third-order valence-electron chi connectivity index (χ3n) is 2.56. The van der Waals surface area contributed by atoms with E-state index in [4.69, 9.17) is 28.5 Å². The summed E-state index contributed by atoms with van der Waals surface area (Å²) in [4.78, 5) is 19.5. The molecule has 0 atom stereocenters. The largest absolute Gasteiger partial charge is 0.337 e. The first kappa shape index (κ1) is 15.8. The van der Waals surface area contributed by atoms with Crippen LogP contribution in [0.5, 0.6) is 0 Å². The standard InChI is InChI=1S/C13H10Cl2N6O/c1-7-2-12(17-6-8(7)5-16)20-21-13(22)18-9-3-10(14)19-11(15)4-9/h2-4,6H,1H3,(H,17,20)(H2,18,19,21,22). The molecule has 0 unspecified atom stereocenters. The molecule has 0 aliphatic carbocycles. The third kappa shape index (κ3) is 4.22. The van der Waals surface area contributed by atoms with Gasteiger partial charge in [-0.05, 0) is 30.7 Å². The number of carbonyl (C=O) groups is 1. The Kier molecular flexibility index (Phi) is 4.99. The van der Waals surface area contributed by atoms with Crippen LogP contribution in [0, 0.1) is 18.3 Å². The minimum Gasteiger partial charge on any atom is -0.306 e. The highest BCUT2D eigenvalue weighted by Gasteiger charge is 2.05. The summed E-state index contributed by atoms with van der Waals surface area (Å²) in [6.45, 7) is 1.77. The molecule has 3 N–H and O–H groups in total. The Balaban J connectivity index is 1.95. The van der Waals surface area contributed by atoms with Crippen LogP contribution in [0.15, 0.2) is 24.4 Å². The van der Waals surface area contributed by atoms with Crippen molar-refractivity contribution in [1.29, 1.82) is 5.26 Å². The Morgan fingerprint density at radius 2 is 1.95 bits per heavy atom. The monoisotopic (exact) mass is 336 g/mol. The molecule has 0 saturated carbocycles. The molecule has 0 aliphatic heterocycles. The molecule has 112 valence electrons. The van der Waals surface area contributed by atoms with Gasteiger partial charge in [-0.2, -0.15) is 5.26 Å². The van der Waals surface area contributed by atoms with Crippen LogP contribution in [0.2, 0.25) is 10.3 Å². The van der Waals surface area contributed by atoms with Gasteiger partial charge in [0.25, 0.3) is 0 Å². The lowest BCUT2D eigenvalue weighted by atomic mass is 10.2. The van der Waals surface area contributed by atoms with Gasteiger partial charge in [0.05, 0.1) is 5.56 Å². The fourth-order valence-corrected chi connectivity index (χ4v) is 2.02. The maximum absolute atomic E-state index is 11.7. The summed E-state index contributed by atoms with van der Waals surface area (Å²) >= 11 is 11.5. The predicted molar refractivity (Wildman–Crippen MR) is 83.7 cm³/mol. The van der Waals surface area contributed by atoms with E-state index in [-0.39, 0.29) is 10.3 Å². The lowest BCUT2D eigenvalue weighted by molar-refractivity contribution is 0.254. The average Bonchev–Trinajstić information content (AvgIpc) is 2.44. The van der Waals surface area contributed by atoms with Crippen molar-refractivity contribution in [2.24, 2.45) is 0 Å². The zero-order valence-electron chi connectivity index (χ0n) is 11.3. The highest BCUT2D eigenvalue weighted by molar-refractivity contribution is 6.32. The van der Waals surface area contributed by atoms with Gasteiger partial charge in [-0.1, -0.05) is 23.2 Å². The van der Waals surface area contributed by atoms with E-state index in [0.29, 0.717) is 17.1 Å². The SMILES string of the molecule is Cc1cc(NNC(=O)Nc2cc(Cl)nc(Cl)c2)ncc1C#N. The summed E-state index contributed by atoms with van der Waals surface area (Å²) in [7, 11) is 0. The lowest BCUT2D eigenvalue weighted by Gasteiger charge is -2.10. The number of aryl methyl sites for hydroxylation is 1. The summed E-state index contributed by atoms with van der Waals surface area (Å²) in [5.41, 5.74) is 6.63. The number of halogens is 2. The van der Waals surface area contributed by atoms with Crippen molar-refractivity contribution in [2.45, 2.75) is 6.92 Å². The zero-order chi connectivity index (χ0) is 16.1. The maximum Gasteiger partial charge on any atom is 0.337 e. The fourth-order valence-electron chi connectivity index (χ4n) is 1.56. The van der Waals surface area contributed by atoms with Crippen molar-refractivity contribution in [3.05, 3.63) is 45.8 Å². The molecule has 0 aromatic carbocycles. The van der Waals surface area contributed by atoms with Crippen LogP contribution in [0.1, 0.15) is 11.1 Å². The number of carbonyl (C=O) groups excluding carboxylic acids is 1. The topological polar surface area (TPSA) is 103 Å². The molecule has 0 fully saturated rings. The molecule has 0 bridgehead atoms. The van der Waals surface area contributed by atoms with Gasteiger partial charge in [0.2, 0.25) is 0 Å². The van der Waals surface area contributed by atoms with E-state index in [9.17, 15) is 4.79 Å². The number of amides is 2. The minimum atomic E-state index is -0.540. The highest BCUT2D eigenvalue weighted by Crippen LogP contribution is 2.18. The second kappa shape index (κ2) is 6.93. The van der Waals surface area contributed by atoms with Crippen LogP contribution < -0.4 is 16.2 Å². The smallest absolute Gasteiger partial charge is 0.306 e. The van der Waals surface area contributed by atoms with Gasteiger partial charge < -0.3 is 5.32 Å². The van der Waals surface area contributed by atoms with E-state index in [1.165, 1.54) is 18.3 Å². The second-order valence-corrected chi connectivity index (χ2v) is 4.98. The van der Waals surface area contributed by atoms with E-state index in [0.717, 1.165) is 5.56 Å². The quantitative estimate of drug-likeness (QED) is 0.590. The minimum absolute atomic E-state index is 0.167. The van der Waals surface area contributed by atoms with E-state index < -0.39 is 6.03 Å². The predicted octanol–water partition coefficient (Wildman–Crippen LogP) is 3.11. The van der Waals surface area contributed by atoms with Gasteiger partial charge in [-0.25, -0.2) is 14.8 Å². The number of pyridine rings is 2. The van der Waals surface area contributed by atoms with Crippen LogP contribution in [0.4, 0.5) is 16.3 Å². The number of hydrogen-bond acceptors (Lipinski definition) is 5. The summed E-state index contributed by atoms with van der Waals surface area (Å²) in [5.74, 6) is 0.400. The lowest BCUT2D eigenvalue weighted by Crippen LogP contribution is -2.34. The number of nitriles is 1. The maximum atomic E-state index is 11.7. The Morgan fingerprint density at radius 3 is 2.55 bits per heavy atom. The van der Waals surface area contributed by atoms with Crippen molar-refractivity contribution in [2.75, 3.05) is 10.7 Å². The van der Waals surface area contributed by atoms with E-state index in [1.54, 1.807) is 13.0 Å². The number of anilines is 2. The highest BCUT2D eigenvalue weighted by atomic mass is 35.5. The van der Waals surface area contributed by atoms with E-state index in [2.05, 4.69) is 26.1 Å². The van der Waals surface area contributed by atoms with Crippen LogP contribution in [0.25, 0.3) is 0 Å². The molecule has 7 nitrogen and oxygen atoms in total. The van der Waals surface area contributed by atoms with Crippen LogP contribution in [0.3, 0.4) is 0 Å². The molecule has 22 heavy (non-hydrogen) atoms. The molecule has 2 aromatic heterocycles. The van der Waals surface area contributed by atoms with Crippen LogP contribution in [-0.2, 0) is 0 Å². The Morgan fingerprint density at radius 1 is 1.27 bits per heavy atom. The molecule has 2 amide bonds. The molecule has 0 spiro atoms. The zero-order valence-corrected chi connectivity index (χ0v) is 12.8. The van der Waals surface area contributed by atoms with Crippen molar-refractivity contribution in [3.8, 4) is 6.07 Å². The molecule has 2 rings (SSSR count). The first-order valence-corrected chi connectivity index (χ1v) is 6.76. The Bertz CT molecular complexity index is 738. The number of urea groups is 1. The Hall–Kier alpha value is -2.56. The van der Waals surface area contributed by atoms with Gasteiger partial charge in [0.15, 0.2) is 0 Å². The van der Waals surface area contributed by atoms with Crippen LogP contribution in [-0.4, -0.2) is 16.0 Å². The number of rotatable bonds is 3. The first-order valence-electron chi connectivity index (χ1n) is 6.01. The number of nitrogens with zero attached hydrogens (tertiary/aromatic N) is 3. The van der Waals surface area contributed by atoms with Crippen molar-refractivity contribution in [1.82, 2.24) is 15.4 Å². The molecule has 2 heterocycles. The summed E-state index contributed by atoms with van der Waals surface area (Å²) in [6, 6.07) is 6.02. The van der Waals surface area contributed by atoms with Gasteiger partial charge in [-0.15, -0.1) is 0 Å². The molecule has 9 heteroatoms. The van der Waals surface area contributed by atoms with Gasteiger partial charge in [0, 0.05) is 11.9 Å². The van der Waals surface area contributed by atoms with Crippen molar-refractivity contribution >= 4 is 40.7 Å². The number of hydrazine groups is 1. The van der Waals surface area contributed by atoms with Crippen LogP contribution >= 0.6 is 23.2 Å². The number of hydrogen-bond donors (Lipinski definition) is 3. The fraction of sp³-hybridized carbons (Fsp3) is 0.0769. The molecule has 2 aromatic rings. The molecule has 0 saturated heterocycles. The summed E-state index contributed by atoms with van der Waals surface area (Å²) < 4.78 is 0. The summed E-state index contributed by atoms with van der Waals surface area (Å²) in [5, 5.41) is 11.7. The molecular weight excluding hydrogens is 327 g/mol. The normalized spacial score (nSPS) is 9.73. The van der Waals surface area contributed by atoms with Gasteiger partial charge in [0.1, 0.15) is 22.2 Å². The van der Waals surface area contributed by atoms with E-state index >= 15 is 0 Å². The molecule has 0 radical (unpaired) electrons.